The van der Waals surface area contributed by atoms with Gasteiger partial charge in [-0.15, -0.1) is 10.2 Å². The van der Waals surface area contributed by atoms with Gasteiger partial charge in [-0.2, -0.15) is 5.21 Å². The molecule has 0 unspecified atom stereocenters. The number of hydrogen-bond donors (Lipinski definition) is 1. The van der Waals surface area contributed by atoms with Gasteiger partial charge in [0.1, 0.15) is 0 Å². The SMILES string of the molecule is COc1ccc(Cc2nn[nH]n2)cn1. The van der Waals surface area contributed by atoms with Crippen LogP contribution in [0.15, 0.2) is 18.3 Å². The molecule has 6 heteroatoms. The number of aromatic nitrogens is 5. The first-order valence-corrected chi connectivity index (χ1v) is 4.10. The molecule has 0 fully saturated rings. The van der Waals surface area contributed by atoms with E-state index in [4.69, 9.17) is 4.74 Å². The highest BCUT2D eigenvalue weighted by Crippen LogP contribution is 2.08. The minimum Gasteiger partial charge on any atom is -0.481 e. The van der Waals surface area contributed by atoms with Crippen LogP contribution in [-0.2, 0) is 6.42 Å². The van der Waals surface area contributed by atoms with E-state index < -0.39 is 0 Å². The Labute approximate surface area is 80.3 Å². The fourth-order valence-corrected chi connectivity index (χ4v) is 1.08. The van der Waals surface area contributed by atoms with E-state index >= 15 is 0 Å². The van der Waals surface area contributed by atoms with Crippen LogP contribution in [0.5, 0.6) is 5.88 Å². The third-order valence-corrected chi connectivity index (χ3v) is 1.76. The summed E-state index contributed by atoms with van der Waals surface area (Å²) in [4.78, 5) is 4.07. The maximum Gasteiger partial charge on any atom is 0.212 e. The molecule has 0 aliphatic heterocycles. The molecule has 2 rings (SSSR count). The molecule has 1 N–H and O–H groups in total. The number of ether oxygens (including phenoxy) is 1. The Morgan fingerprint density at radius 1 is 1.43 bits per heavy atom. The van der Waals surface area contributed by atoms with Gasteiger partial charge in [0.15, 0.2) is 5.82 Å². The predicted molar refractivity (Wildman–Crippen MR) is 47.8 cm³/mol. The zero-order chi connectivity index (χ0) is 9.80. The van der Waals surface area contributed by atoms with Gasteiger partial charge in [0.25, 0.3) is 0 Å². The molecule has 0 saturated carbocycles. The summed E-state index contributed by atoms with van der Waals surface area (Å²) in [5.41, 5.74) is 1.02. The Morgan fingerprint density at radius 3 is 2.93 bits per heavy atom. The standard InChI is InChI=1S/C8H9N5O/c1-14-8-3-2-6(5-9-8)4-7-10-12-13-11-7/h2-3,5H,4H2,1H3,(H,10,11,12,13). The number of nitrogens with one attached hydrogen (secondary N) is 1. The Hall–Kier alpha value is -1.98. The van der Waals surface area contributed by atoms with Gasteiger partial charge >= 0.3 is 0 Å². The Bertz CT molecular complexity index is 383. The molecule has 72 valence electrons. The summed E-state index contributed by atoms with van der Waals surface area (Å²) in [7, 11) is 1.58. The molecule has 0 aromatic carbocycles. The number of pyridine rings is 1. The van der Waals surface area contributed by atoms with Crippen LogP contribution in [0.2, 0.25) is 0 Å². The maximum atomic E-state index is 4.94. The molecule has 0 saturated heterocycles. The lowest BCUT2D eigenvalue weighted by atomic mass is 10.2. The van der Waals surface area contributed by atoms with Crippen molar-refractivity contribution in [2.75, 3.05) is 7.11 Å². The smallest absolute Gasteiger partial charge is 0.212 e. The molecule has 14 heavy (non-hydrogen) atoms. The van der Waals surface area contributed by atoms with Gasteiger partial charge in [0.2, 0.25) is 5.88 Å². The van der Waals surface area contributed by atoms with E-state index in [-0.39, 0.29) is 0 Å². The fourth-order valence-electron chi connectivity index (χ4n) is 1.08. The van der Waals surface area contributed by atoms with Crippen molar-refractivity contribution in [2.24, 2.45) is 0 Å². The Kier molecular flexibility index (Phi) is 2.35. The van der Waals surface area contributed by atoms with Gasteiger partial charge in [-0.3, -0.25) is 0 Å². The van der Waals surface area contributed by atoms with E-state index in [1.165, 1.54) is 0 Å². The van der Waals surface area contributed by atoms with Gasteiger partial charge in [-0.25, -0.2) is 4.98 Å². The van der Waals surface area contributed by atoms with Crippen molar-refractivity contribution in [3.8, 4) is 5.88 Å². The van der Waals surface area contributed by atoms with Gasteiger partial charge in [-0.05, 0) is 5.56 Å². The number of nitrogens with zero attached hydrogens (tertiary/aromatic N) is 4. The maximum absolute atomic E-state index is 4.94. The first kappa shape index (κ1) is 8.61. The normalized spacial score (nSPS) is 10.1. The number of rotatable bonds is 3. The highest BCUT2D eigenvalue weighted by atomic mass is 16.5. The minimum absolute atomic E-state index is 0.599. The van der Waals surface area contributed by atoms with Crippen molar-refractivity contribution in [2.45, 2.75) is 6.42 Å². The lowest BCUT2D eigenvalue weighted by molar-refractivity contribution is 0.397. The summed E-state index contributed by atoms with van der Waals surface area (Å²) in [5.74, 6) is 1.25. The molecule has 0 aliphatic carbocycles. The summed E-state index contributed by atoms with van der Waals surface area (Å²) in [6, 6.07) is 3.72. The summed E-state index contributed by atoms with van der Waals surface area (Å²) in [5, 5.41) is 13.6. The van der Waals surface area contributed by atoms with Gasteiger partial charge in [0, 0.05) is 18.7 Å². The van der Waals surface area contributed by atoms with Crippen LogP contribution in [0.1, 0.15) is 11.4 Å². The largest absolute Gasteiger partial charge is 0.481 e. The first-order chi connectivity index (χ1) is 6.88. The molecular weight excluding hydrogens is 182 g/mol. The van der Waals surface area contributed by atoms with Gasteiger partial charge in [0.05, 0.1) is 7.11 Å². The van der Waals surface area contributed by atoms with Crippen molar-refractivity contribution in [3.63, 3.8) is 0 Å². The van der Waals surface area contributed by atoms with E-state index in [9.17, 15) is 0 Å². The third kappa shape index (κ3) is 1.85. The molecule has 0 spiro atoms. The number of H-pyrrole nitrogens is 1. The van der Waals surface area contributed by atoms with Crippen LogP contribution in [-0.4, -0.2) is 32.7 Å². The van der Waals surface area contributed by atoms with Crippen LogP contribution in [0.3, 0.4) is 0 Å². The molecule has 0 bridgehead atoms. The molecule has 6 nitrogen and oxygen atoms in total. The van der Waals surface area contributed by atoms with Gasteiger partial charge < -0.3 is 4.74 Å². The Morgan fingerprint density at radius 2 is 2.36 bits per heavy atom. The topological polar surface area (TPSA) is 76.6 Å². The van der Waals surface area contributed by atoms with Crippen LogP contribution < -0.4 is 4.74 Å². The molecular formula is C8H9N5O. The highest BCUT2D eigenvalue weighted by molar-refractivity contribution is 5.20. The second kappa shape index (κ2) is 3.82. The zero-order valence-corrected chi connectivity index (χ0v) is 7.64. The monoisotopic (exact) mass is 191 g/mol. The van der Waals surface area contributed by atoms with Crippen molar-refractivity contribution in [1.82, 2.24) is 25.6 Å². The molecule has 0 radical (unpaired) electrons. The van der Waals surface area contributed by atoms with E-state index in [0.717, 1.165) is 5.56 Å². The predicted octanol–water partition coefficient (Wildman–Crippen LogP) is 0.194. The summed E-state index contributed by atoms with van der Waals surface area (Å²) in [6.45, 7) is 0. The summed E-state index contributed by atoms with van der Waals surface area (Å²) >= 11 is 0. The number of hydrogen-bond acceptors (Lipinski definition) is 5. The summed E-state index contributed by atoms with van der Waals surface area (Å²) in [6.07, 6.45) is 2.35. The fraction of sp³-hybridized carbons (Fsp3) is 0.250. The zero-order valence-electron chi connectivity index (χ0n) is 7.64. The lowest BCUT2D eigenvalue weighted by Gasteiger charge is -1.99. The van der Waals surface area contributed by atoms with Crippen LogP contribution >= 0.6 is 0 Å². The van der Waals surface area contributed by atoms with Gasteiger partial charge in [-0.1, -0.05) is 11.3 Å². The number of tetrazole rings is 1. The van der Waals surface area contributed by atoms with Crippen molar-refractivity contribution < 1.29 is 4.74 Å². The van der Waals surface area contributed by atoms with Crippen molar-refractivity contribution in [3.05, 3.63) is 29.7 Å². The molecule has 2 aromatic rings. The first-order valence-electron chi connectivity index (χ1n) is 4.10. The second-order valence-corrected chi connectivity index (χ2v) is 2.71. The lowest BCUT2D eigenvalue weighted by Crippen LogP contribution is -1.93. The van der Waals surface area contributed by atoms with Crippen molar-refractivity contribution in [1.29, 1.82) is 0 Å². The van der Waals surface area contributed by atoms with E-state index in [2.05, 4.69) is 25.6 Å². The average molecular weight is 191 g/mol. The number of methoxy groups -OCH3 is 1. The van der Waals surface area contributed by atoms with Crippen LogP contribution in [0, 0.1) is 0 Å². The molecule has 2 heterocycles. The average Bonchev–Trinajstić information content (AvgIpc) is 2.72. The molecule has 0 amide bonds. The Balaban J connectivity index is 2.10. The quantitative estimate of drug-likeness (QED) is 0.749. The van der Waals surface area contributed by atoms with Crippen molar-refractivity contribution >= 4 is 0 Å². The highest BCUT2D eigenvalue weighted by Gasteiger charge is 2.01. The van der Waals surface area contributed by atoms with E-state index in [1.54, 1.807) is 19.4 Å². The molecule has 0 atom stereocenters. The molecule has 2 aromatic heterocycles. The number of aromatic amines is 1. The third-order valence-electron chi connectivity index (χ3n) is 1.76. The second-order valence-electron chi connectivity index (χ2n) is 2.71. The molecule has 0 aliphatic rings. The van der Waals surface area contributed by atoms with Crippen LogP contribution in [0.25, 0.3) is 0 Å². The summed E-state index contributed by atoms with van der Waals surface area (Å²) < 4.78 is 4.94. The minimum atomic E-state index is 0.599. The van der Waals surface area contributed by atoms with E-state index in [0.29, 0.717) is 18.1 Å². The van der Waals surface area contributed by atoms with Crippen LogP contribution in [0.4, 0.5) is 0 Å². The van der Waals surface area contributed by atoms with E-state index in [1.807, 2.05) is 6.07 Å².